The van der Waals surface area contributed by atoms with Crippen LogP contribution in [0.4, 0.5) is 0 Å². The molecule has 3 heteroatoms. The highest BCUT2D eigenvalue weighted by atomic mass is 16.2. The Morgan fingerprint density at radius 2 is 2.08 bits per heavy atom. The first kappa shape index (κ1) is 9.71. The molecule has 0 aromatic heterocycles. The average Bonchev–Trinajstić information content (AvgIpc) is 2.15. The lowest BCUT2D eigenvalue weighted by Crippen LogP contribution is -2.32. The van der Waals surface area contributed by atoms with Crippen LogP contribution in [0, 0.1) is 0 Å². The Balaban J connectivity index is 2.47. The highest BCUT2D eigenvalue weighted by molar-refractivity contribution is 5.96. The fourth-order valence-corrected chi connectivity index (χ4v) is 1.14. The quantitative estimate of drug-likeness (QED) is 0.467. The Morgan fingerprint density at radius 1 is 1.31 bits per heavy atom. The molecular formula is C10H13NO2. The molecule has 0 aromatic rings. The summed E-state index contributed by atoms with van der Waals surface area (Å²) in [6, 6.07) is 0. The van der Waals surface area contributed by atoms with Crippen molar-refractivity contribution >= 4 is 11.7 Å². The maximum atomic E-state index is 11.4. The Kier molecular flexibility index (Phi) is 3.43. The van der Waals surface area contributed by atoms with Gasteiger partial charge in [-0.3, -0.25) is 9.59 Å². The molecule has 0 aromatic carbocycles. The molecule has 0 unspecified atom stereocenters. The van der Waals surface area contributed by atoms with Gasteiger partial charge in [0.1, 0.15) is 0 Å². The van der Waals surface area contributed by atoms with Gasteiger partial charge in [-0.1, -0.05) is 12.2 Å². The monoisotopic (exact) mass is 179 g/mol. The van der Waals surface area contributed by atoms with Crippen molar-refractivity contribution in [2.45, 2.75) is 13.3 Å². The number of hydrogen-bond acceptors (Lipinski definition) is 2. The molecule has 70 valence electrons. The molecular weight excluding hydrogens is 166 g/mol. The van der Waals surface area contributed by atoms with E-state index in [2.05, 4.69) is 6.08 Å². The second-order valence-electron chi connectivity index (χ2n) is 2.99. The topological polar surface area (TPSA) is 37.4 Å². The summed E-state index contributed by atoms with van der Waals surface area (Å²) in [5.41, 5.74) is 0. The molecule has 0 N–H and O–H groups in total. The van der Waals surface area contributed by atoms with Crippen molar-refractivity contribution in [3.63, 3.8) is 0 Å². The normalized spacial score (nSPS) is 16.5. The molecule has 3 nitrogen and oxygen atoms in total. The third-order valence-electron chi connectivity index (χ3n) is 1.83. The predicted molar refractivity (Wildman–Crippen MR) is 50.2 cm³/mol. The summed E-state index contributed by atoms with van der Waals surface area (Å²) in [6.45, 7) is 2.83. The number of rotatable bonds is 2. The molecule has 0 atom stereocenters. The zero-order chi connectivity index (χ0) is 9.68. The Bertz CT molecular complexity index is 266. The Labute approximate surface area is 77.7 Å². The summed E-state index contributed by atoms with van der Waals surface area (Å²) in [5, 5.41) is 0. The number of carbonyl (C=O) groups is 2. The standard InChI is InChI=1S/C10H13NO2/c1-9(12)5-6-10(13)11-7-3-2-4-8-11/h2-3,5-6H,4,7-8H2,1H3. The Hall–Kier alpha value is -1.38. The summed E-state index contributed by atoms with van der Waals surface area (Å²) in [4.78, 5) is 23.6. The molecule has 1 aliphatic heterocycles. The summed E-state index contributed by atoms with van der Waals surface area (Å²) >= 11 is 0. The smallest absolute Gasteiger partial charge is 0.246 e. The van der Waals surface area contributed by atoms with E-state index in [0.717, 1.165) is 13.0 Å². The summed E-state index contributed by atoms with van der Waals surface area (Å²) < 4.78 is 0. The zero-order valence-electron chi connectivity index (χ0n) is 7.69. The Morgan fingerprint density at radius 3 is 2.62 bits per heavy atom. The van der Waals surface area contributed by atoms with E-state index in [-0.39, 0.29) is 11.7 Å². The number of ketones is 1. The lowest BCUT2D eigenvalue weighted by atomic mass is 10.2. The van der Waals surface area contributed by atoms with Crippen molar-refractivity contribution in [3.8, 4) is 0 Å². The van der Waals surface area contributed by atoms with Crippen LogP contribution in [0.2, 0.25) is 0 Å². The highest BCUT2D eigenvalue weighted by Gasteiger charge is 2.10. The van der Waals surface area contributed by atoms with Crippen molar-refractivity contribution in [1.82, 2.24) is 4.90 Å². The molecule has 1 amide bonds. The molecule has 1 heterocycles. The second-order valence-corrected chi connectivity index (χ2v) is 2.99. The van der Waals surface area contributed by atoms with Gasteiger partial charge in [0.2, 0.25) is 5.91 Å². The maximum absolute atomic E-state index is 11.4. The molecule has 1 aliphatic rings. The number of carbonyl (C=O) groups excluding carboxylic acids is 2. The van der Waals surface area contributed by atoms with Crippen molar-refractivity contribution in [2.24, 2.45) is 0 Å². The minimum Gasteiger partial charge on any atom is -0.335 e. The maximum Gasteiger partial charge on any atom is 0.246 e. The average molecular weight is 179 g/mol. The van der Waals surface area contributed by atoms with Crippen molar-refractivity contribution in [3.05, 3.63) is 24.3 Å². The van der Waals surface area contributed by atoms with Crippen LogP contribution < -0.4 is 0 Å². The van der Waals surface area contributed by atoms with Crippen LogP contribution in [0.5, 0.6) is 0 Å². The number of nitrogens with zero attached hydrogens (tertiary/aromatic N) is 1. The van der Waals surface area contributed by atoms with E-state index in [1.807, 2.05) is 6.08 Å². The van der Waals surface area contributed by atoms with Crippen LogP contribution in [0.3, 0.4) is 0 Å². The van der Waals surface area contributed by atoms with Crippen molar-refractivity contribution in [1.29, 1.82) is 0 Å². The number of amides is 1. The van der Waals surface area contributed by atoms with Crippen molar-refractivity contribution in [2.75, 3.05) is 13.1 Å². The SMILES string of the molecule is CC(=O)C=CC(=O)N1CC=CCC1. The van der Waals surface area contributed by atoms with Crippen LogP contribution in [-0.4, -0.2) is 29.7 Å². The van der Waals surface area contributed by atoms with Gasteiger partial charge >= 0.3 is 0 Å². The molecule has 0 aliphatic carbocycles. The van der Waals surface area contributed by atoms with Gasteiger partial charge in [-0.15, -0.1) is 0 Å². The van der Waals surface area contributed by atoms with Crippen LogP contribution in [0.25, 0.3) is 0 Å². The largest absolute Gasteiger partial charge is 0.335 e. The first-order valence-electron chi connectivity index (χ1n) is 4.32. The predicted octanol–water partition coefficient (Wildman–Crippen LogP) is 0.920. The highest BCUT2D eigenvalue weighted by Crippen LogP contribution is 2.01. The fraction of sp³-hybridized carbons (Fsp3) is 0.400. The molecule has 1 rings (SSSR count). The molecule has 0 saturated heterocycles. The van der Waals surface area contributed by atoms with Crippen molar-refractivity contribution < 1.29 is 9.59 Å². The molecule has 0 saturated carbocycles. The minimum atomic E-state index is -0.0964. The fourth-order valence-electron chi connectivity index (χ4n) is 1.14. The lowest BCUT2D eigenvalue weighted by Gasteiger charge is -2.21. The molecule has 13 heavy (non-hydrogen) atoms. The van der Waals surface area contributed by atoms with E-state index in [1.165, 1.54) is 19.1 Å². The van der Waals surface area contributed by atoms with Gasteiger partial charge in [-0.05, 0) is 19.4 Å². The third-order valence-corrected chi connectivity index (χ3v) is 1.83. The minimum absolute atomic E-state index is 0.0837. The van der Waals surface area contributed by atoms with Crippen LogP contribution in [-0.2, 0) is 9.59 Å². The van der Waals surface area contributed by atoms with Gasteiger partial charge < -0.3 is 4.90 Å². The molecule has 0 spiro atoms. The third kappa shape index (κ3) is 3.23. The van der Waals surface area contributed by atoms with Gasteiger partial charge in [-0.2, -0.15) is 0 Å². The van der Waals surface area contributed by atoms with E-state index < -0.39 is 0 Å². The van der Waals surface area contributed by atoms with E-state index in [9.17, 15) is 9.59 Å². The van der Waals surface area contributed by atoms with Gasteiger partial charge in [-0.25, -0.2) is 0 Å². The van der Waals surface area contributed by atoms with Crippen LogP contribution in [0.15, 0.2) is 24.3 Å². The van der Waals surface area contributed by atoms with Gasteiger partial charge in [0, 0.05) is 19.2 Å². The summed E-state index contributed by atoms with van der Waals surface area (Å²) in [5.74, 6) is -0.180. The first-order chi connectivity index (χ1) is 6.20. The summed E-state index contributed by atoms with van der Waals surface area (Å²) in [7, 11) is 0. The first-order valence-corrected chi connectivity index (χ1v) is 4.32. The molecule has 0 fully saturated rings. The zero-order valence-corrected chi connectivity index (χ0v) is 7.69. The lowest BCUT2D eigenvalue weighted by molar-refractivity contribution is -0.126. The number of hydrogen-bond donors (Lipinski definition) is 0. The molecule has 0 radical (unpaired) electrons. The second kappa shape index (κ2) is 4.60. The van der Waals surface area contributed by atoms with E-state index >= 15 is 0 Å². The van der Waals surface area contributed by atoms with Gasteiger partial charge in [0.25, 0.3) is 0 Å². The summed E-state index contributed by atoms with van der Waals surface area (Å²) in [6.07, 6.45) is 7.56. The van der Waals surface area contributed by atoms with E-state index in [0.29, 0.717) is 6.54 Å². The number of allylic oxidation sites excluding steroid dienone is 1. The van der Waals surface area contributed by atoms with E-state index in [4.69, 9.17) is 0 Å². The van der Waals surface area contributed by atoms with E-state index in [1.54, 1.807) is 4.90 Å². The van der Waals surface area contributed by atoms with Gasteiger partial charge in [0.05, 0.1) is 0 Å². The molecule has 0 bridgehead atoms. The van der Waals surface area contributed by atoms with Crippen LogP contribution in [0.1, 0.15) is 13.3 Å². The van der Waals surface area contributed by atoms with Crippen LogP contribution >= 0.6 is 0 Å². The van der Waals surface area contributed by atoms with Gasteiger partial charge in [0.15, 0.2) is 5.78 Å².